The molecule has 0 fully saturated rings. The number of anilines is 2. The molecule has 1 aromatic heterocycles. The monoisotopic (exact) mass is 209 g/mol. The lowest BCUT2D eigenvalue weighted by molar-refractivity contribution is 0.260. The molecule has 84 valence electrons. The SMILES string of the molecule is Cc1nc(NC(C)(C)CCO)ccc1N. The van der Waals surface area contributed by atoms with Crippen molar-refractivity contribution >= 4 is 11.5 Å². The van der Waals surface area contributed by atoms with E-state index in [2.05, 4.69) is 10.3 Å². The molecule has 0 amide bonds. The van der Waals surface area contributed by atoms with Gasteiger partial charge in [0, 0.05) is 12.1 Å². The van der Waals surface area contributed by atoms with Crippen LogP contribution in [0.5, 0.6) is 0 Å². The van der Waals surface area contributed by atoms with E-state index >= 15 is 0 Å². The Labute approximate surface area is 90.5 Å². The maximum Gasteiger partial charge on any atom is 0.126 e. The van der Waals surface area contributed by atoms with Crippen molar-refractivity contribution in [3.05, 3.63) is 17.8 Å². The molecule has 0 radical (unpaired) electrons. The van der Waals surface area contributed by atoms with Crippen LogP contribution in [-0.4, -0.2) is 22.2 Å². The van der Waals surface area contributed by atoms with Crippen molar-refractivity contribution < 1.29 is 5.11 Å². The third-order valence-electron chi connectivity index (χ3n) is 2.33. The first-order chi connectivity index (χ1) is 6.94. The lowest BCUT2D eigenvalue weighted by Crippen LogP contribution is -2.32. The second-order valence-electron chi connectivity index (χ2n) is 4.35. The summed E-state index contributed by atoms with van der Waals surface area (Å²) in [5, 5.41) is 12.2. The van der Waals surface area contributed by atoms with Gasteiger partial charge in [-0.2, -0.15) is 0 Å². The van der Waals surface area contributed by atoms with Crippen molar-refractivity contribution in [3.8, 4) is 0 Å². The van der Waals surface area contributed by atoms with Gasteiger partial charge in [0.2, 0.25) is 0 Å². The Morgan fingerprint density at radius 2 is 2.13 bits per heavy atom. The van der Waals surface area contributed by atoms with Crippen LogP contribution in [0.1, 0.15) is 26.0 Å². The highest BCUT2D eigenvalue weighted by Crippen LogP contribution is 2.18. The topological polar surface area (TPSA) is 71.2 Å². The zero-order valence-electron chi connectivity index (χ0n) is 9.54. The van der Waals surface area contributed by atoms with E-state index in [9.17, 15) is 0 Å². The molecule has 0 unspecified atom stereocenters. The highest BCUT2D eigenvalue weighted by Gasteiger charge is 2.17. The average molecular weight is 209 g/mol. The Bertz CT molecular complexity index is 337. The Morgan fingerprint density at radius 1 is 1.47 bits per heavy atom. The molecule has 1 aromatic rings. The number of aliphatic hydroxyl groups is 1. The fourth-order valence-electron chi connectivity index (χ4n) is 1.33. The third-order valence-corrected chi connectivity index (χ3v) is 2.33. The predicted octanol–water partition coefficient (Wildman–Crippen LogP) is 1.55. The molecule has 1 heterocycles. The van der Waals surface area contributed by atoms with Crippen LogP contribution in [0.3, 0.4) is 0 Å². The maximum absolute atomic E-state index is 8.90. The molecule has 4 N–H and O–H groups in total. The van der Waals surface area contributed by atoms with E-state index < -0.39 is 0 Å². The minimum absolute atomic E-state index is 0.161. The van der Waals surface area contributed by atoms with Crippen LogP contribution >= 0.6 is 0 Å². The van der Waals surface area contributed by atoms with Crippen LogP contribution < -0.4 is 11.1 Å². The normalized spacial score (nSPS) is 11.5. The summed E-state index contributed by atoms with van der Waals surface area (Å²) in [6.45, 7) is 6.08. The summed E-state index contributed by atoms with van der Waals surface area (Å²) < 4.78 is 0. The predicted molar refractivity (Wildman–Crippen MR) is 62.8 cm³/mol. The quantitative estimate of drug-likeness (QED) is 0.703. The molecule has 0 aliphatic carbocycles. The van der Waals surface area contributed by atoms with Gasteiger partial charge >= 0.3 is 0 Å². The van der Waals surface area contributed by atoms with E-state index in [1.807, 2.05) is 32.9 Å². The van der Waals surface area contributed by atoms with E-state index in [0.29, 0.717) is 12.1 Å². The van der Waals surface area contributed by atoms with Gasteiger partial charge in [-0.3, -0.25) is 0 Å². The van der Waals surface area contributed by atoms with Crippen LogP contribution in [0.25, 0.3) is 0 Å². The first-order valence-electron chi connectivity index (χ1n) is 5.07. The number of nitrogens with two attached hydrogens (primary N) is 1. The minimum Gasteiger partial charge on any atom is -0.397 e. The van der Waals surface area contributed by atoms with Crippen molar-refractivity contribution in [2.45, 2.75) is 32.7 Å². The minimum atomic E-state index is -0.162. The second-order valence-corrected chi connectivity index (χ2v) is 4.35. The first kappa shape index (κ1) is 11.8. The molecule has 4 nitrogen and oxygen atoms in total. The molecule has 4 heteroatoms. The number of hydrogen-bond donors (Lipinski definition) is 3. The van der Waals surface area contributed by atoms with E-state index in [1.165, 1.54) is 0 Å². The maximum atomic E-state index is 8.90. The van der Waals surface area contributed by atoms with Crippen molar-refractivity contribution in [1.82, 2.24) is 4.98 Å². The summed E-state index contributed by atoms with van der Waals surface area (Å²) in [6, 6.07) is 3.68. The Morgan fingerprint density at radius 3 is 2.67 bits per heavy atom. The molecule has 0 bridgehead atoms. The zero-order chi connectivity index (χ0) is 11.5. The van der Waals surface area contributed by atoms with Gasteiger partial charge in [-0.1, -0.05) is 0 Å². The van der Waals surface area contributed by atoms with Crippen LogP contribution in [0.2, 0.25) is 0 Å². The first-order valence-corrected chi connectivity index (χ1v) is 5.07. The number of nitrogen functional groups attached to an aromatic ring is 1. The Kier molecular flexibility index (Phi) is 3.52. The number of hydrogen-bond acceptors (Lipinski definition) is 4. The van der Waals surface area contributed by atoms with Crippen molar-refractivity contribution in [1.29, 1.82) is 0 Å². The summed E-state index contributed by atoms with van der Waals surface area (Å²) in [4.78, 5) is 4.32. The van der Waals surface area contributed by atoms with Crippen LogP contribution in [-0.2, 0) is 0 Å². The summed E-state index contributed by atoms with van der Waals surface area (Å²) in [5.74, 6) is 0.792. The second kappa shape index (κ2) is 4.49. The van der Waals surface area contributed by atoms with Gasteiger partial charge in [0.15, 0.2) is 0 Å². The Balaban J connectivity index is 2.76. The van der Waals surface area contributed by atoms with Gasteiger partial charge in [0.05, 0.1) is 11.4 Å². The largest absolute Gasteiger partial charge is 0.397 e. The number of rotatable bonds is 4. The lowest BCUT2D eigenvalue weighted by Gasteiger charge is -2.26. The highest BCUT2D eigenvalue weighted by atomic mass is 16.3. The summed E-state index contributed by atoms with van der Waals surface area (Å²) in [5.41, 5.74) is 7.03. The molecular formula is C11H19N3O. The van der Waals surface area contributed by atoms with Crippen LogP contribution in [0, 0.1) is 6.92 Å². The molecule has 15 heavy (non-hydrogen) atoms. The molecule has 0 saturated carbocycles. The van der Waals surface area contributed by atoms with E-state index in [4.69, 9.17) is 10.8 Å². The number of aromatic nitrogens is 1. The van der Waals surface area contributed by atoms with Crippen molar-refractivity contribution in [3.63, 3.8) is 0 Å². The Hall–Kier alpha value is -1.29. The molecule has 0 aromatic carbocycles. The fourth-order valence-corrected chi connectivity index (χ4v) is 1.33. The van der Waals surface area contributed by atoms with Gasteiger partial charge in [-0.25, -0.2) is 4.98 Å². The molecule has 1 rings (SSSR count). The molecule has 0 saturated heterocycles. The number of aliphatic hydroxyl groups excluding tert-OH is 1. The molecule has 0 aliphatic heterocycles. The smallest absolute Gasteiger partial charge is 0.126 e. The molecule has 0 atom stereocenters. The van der Waals surface area contributed by atoms with Crippen molar-refractivity contribution in [2.24, 2.45) is 0 Å². The molecular weight excluding hydrogens is 190 g/mol. The summed E-state index contributed by atoms with van der Waals surface area (Å²) in [6.07, 6.45) is 0.679. The third kappa shape index (κ3) is 3.40. The van der Waals surface area contributed by atoms with Gasteiger partial charge < -0.3 is 16.2 Å². The fraction of sp³-hybridized carbons (Fsp3) is 0.545. The standard InChI is InChI=1S/C11H19N3O/c1-8-9(12)4-5-10(13-8)14-11(2,3)6-7-15/h4-5,15H,6-7,12H2,1-3H3,(H,13,14). The van der Waals surface area contributed by atoms with Gasteiger partial charge in [0.25, 0.3) is 0 Å². The van der Waals surface area contributed by atoms with E-state index in [1.54, 1.807) is 0 Å². The summed E-state index contributed by atoms with van der Waals surface area (Å²) in [7, 11) is 0. The zero-order valence-corrected chi connectivity index (χ0v) is 9.54. The van der Waals surface area contributed by atoms with Gasteiger partial charge in [-0.15, -0.1) is 0 Å². The summed E-state index contributed by atoms with van der Waals surface area (Å²) >= 11 is 0. The molecule has 0 spiro atoms. The van der Waals surface area contributed by atoms with E-state index in [-0.39, 0.29) is 12.1 Å². The van der Waals surface area contributed by atoms with Crippen LogP contribution in [0.15, 0.2) is 12.1 Å². The number of nitrogens with zero attached hydrogens (tertiary/aromatic N) is 1. The van der Waals surface area contributed by atoms with E-state index in [0.717, 1.165) is 11.5 Å². The van der Waals surface area contributed by atoms with Crippen molar-refractivity contribution in [2.75, 3.05) is 17.7 Å². The van der Waals surface area contributed by atoms with Crippen LogP contribution in [0.4, 0.5) is 11.5 Å². The highest BCUT2D eigenvalue weighted by molar-refractivity contribution is 5.49. The number of nitrogens with one attached hydrogen (secondary N) is 1. The van der Waals surface area contributed by atoms with Gasteiger partial charge in [-0.05, 0) is 39.3 Å². The van der Waals surface area contributed by atoms with Gasteiger partial charge in [0.1, 0.15) is 5.82 Å². The average Bonchev–Trinajstić information content (AvgIpc) is 2.10. The number of pyridine rings is 1. The molecule has 0 aliphatic rings. The lowest BCUT2D eigenvalue weighted by atomic mass is 10.0. The number of aryl methyl sites for hydroxylation is 1.